The smallest absolute Gasteiger partial charge is 0.196 e. The van der Waals surface area contributed by atoms with Crippen molar-refractivity contribution in [2.24, 2.45) is 4.76 Å². The van der Waals surface area contributed by atoms with E-state index in [9.17, 15) is 0 Å². The molecule has 0 saturated carbocycles. The summed E-state index contributed by atoms with van der Waals surface area (Å²) >= 11 is 9.85. The third-order valence-electron chi connectivity index (χ3n) is 1.21. The summed E-state index contributed by atoms with van der Waals surface area (Å²) in [6, 6.07) is 0. The Kier molecular flexibility index (Phi) is 4.56. The average molecular weight is 209 g/mol. The minimum absolute atomic E-state index is 1.90. The number of nitrogens with zero attached hydrogens (tertiary/aromatic N) is 3. The molecule has 0 atom stereocenters. The van der Waals surface area contributed by atoms with E-state index in [-0.39, 0.29) is 0 Å². The van der Waals surface area contributed by atoms with Crippen molar-refractivity contribution >= 4 is 35.7 Å². The summed E-state index contributed by atoms with van der Waals surface area (Å²) in [7, 11) is 7.60. The van der Waals surface area contributed by atoms with Gasteiger partial charge in [-0.3, -0.25) is 9.34 Å². The maximum atomic E-state index is 5.32. The molecule has 0 aromatic carbocycles. The topological polar surface area (TPSA) is 18.8 Å². The SMILES string of the molecule is CN(C)P(=S)(N=C=S)N(C)C. The number of thiocarbonyl (C=S) groups is 1. The third-order valence-corrected chi connectivity index (χ3v) is 6.09. The summed E-state index contributed by atoms with van der Waals surface area (Å²) < 4.78 is 7.81. The molecule has 0 unspecified atom stereocenters. The zero-order valence-corrected chi connectivity index (χ0v) is 9.63. The van der Waals surface area contributed by atoms with Gasteiger partial charge in [-0.1, -0.05) is 0 Å². The molecule has 0 saturated heterocycles. The Balaban J connectivity index is 4.83. The molecular formula is C5H12N3PS2. The largest absolute Gasteiger partial charge is 0.252 e. The Morgan fingerprint density at radius 2 is 1.55 bits per heavy atom. The molecule has 0 aromatic heterocycles. The summed E-state index contributed by atoms with van der Waals surface area (Å²) in [5, 5.41) is 2.34. The van der Waals surface area contributed by atoms with Crippen LogP contribution in [0.3, 0.4) is 0 Å². The minimum Gasteiger partial charge on any atom is -0.252 e. The van der Waals surface area contributed by atoms with Crippen molar-refractivity contribution in [1.82, 2.24) is 9.34 Å². The van der Waals surface area contributed by atoms with Gasteiger partial charge >= 0.3 is 0 Å². The highest BCUT2D eigenvalue weighted by Crippen LogP contribution is 2.50. The highest BCUT2D eigenvalue weighted by Gasteiger charge is 2.20. The van der Waals surface area contributed by atoms with E-state index in [0.29, 0.717) is 0 Å². The molecule has 0 aliphatic heterocycles. The van der Waals surface area contributed by atoms with Crippen molar-refractivity contribution in [2.75, 3.05) is 28.2 Å². The summed E-state index contributed by atoms with van der Waals surface area (Å²) in [5.74, 6) is 0. The zero-order chi connectivity index (χ0) is 9.07. The molecule has 0 aliphatic rings. The minimum atomic E-state index is -1.95. The lowest BCUT2D eigenvalue weighted by Gasteiger charge is -2.28. The van der Waals surface area contributed by atoms with Crippen LogP contribution in [-0.4, -0.2) is 42.7 Å². The van der Waals surface area contributed by atoms with Crippen LogP contribution in [0.15, 0.2) is 4.76 Å². The van der Waals surface area contributed by atoms with Gasteiger partial charge in [0.15, 0.2) is 6.49 Å². The molecular weight excluding hydrogens is 197 g/mol. The first-order valence-electron chi connectivity index (χ1n) is 3.00. The van der Waals surface area contributed by atoms with Gasteiger partial charge in [-0.2, -0.15) is 4.76 Å². The Labute approximate surface area is 78.3 Å². The number of isothiocyanates is 1. The first kappa shape index (κ1) is 11.4. The molecule has 64 valence electrons. The molecule has 0 radical (unpaired) electrons. The highest BCUT2D eigenvalue weighted by molar-refractivity contribution is 8.11. The highest BCUT2D eigenvalue weighted by atomic mass is 32.4. The van der Waals surface area contributed by atoms with Gasteiger partial charge in [-0.15, -0.1) is 0 Å². The van der Waals surface area contributed by atoms with Crippen molar-refractivity contribution in [3.8, 4) is 0 Å². The Morgan fingerprint density at radius 1 is 1.18 bits per heavy atom. The standard InChI is InChI=1S/C5H12N3PS2/c1-7(2)9(11,6-5-10)8(3)4/h1-4H3. The van der Waals surface area contributed by atoms with E-state index in [1.54, 1.807) is 0 Å². The van der Waals surface area contributed by atoms with E-state index in [2.05, 4.69) is 22.1 Å². The lowest BCUT2D eigenvalue weighted by Crippen LogP contribution is -2.18. The van der Waals surface area contributed by atoms with Crippen LogP contribution < -0.4 is 0 Å². The van der Waals surface area contributed by atoms with E-state index in [1.807, 2.05) is 37.5 Å². The molecule has 3 nitrogen and oxygen atoms in total. The summed E-state index contributed by atoms with van der Waals surface area (Å²) in [5.41, 5.74) is 0. The van der Waals surface area contributed by atoms with Crippen molar-refractivity contribution in [3.63, 3.8) is 0 Å². The van der Waals surface area contributed by atoms with Gasteiger partial charge in [0.05, 0.1) is 5.16 Å². The fourth-order valence-corrected chi connectivity index (χ4v) is 2.39. The van der Waals surface area contributed by atoms with Crippen molar-refractivity contribution in [3.05, 3.63) is 0 Å². The molecule has 0 bridgehead atoms. The maximum absolute atomic E-state index is 5.32. The molecule has 0 spiro atoms. The van der Waals surface area contributed by atoms with Crippen LogP contribution in [0.2, 0.25) is 0 Å². The second-order valence-corrected chi connectivity index (χ2v) is 6.88. The predicted molar refractivity (Wildman–Crippen MR) is 56.7 cm³/mol. The average Bonchev–Trinajstić information content (AvgIpc) is 1.87. The quantitative estimate of drug-likeness (QED) is 0.397. The van der Waals surface area contributed by atoms with Gasteiger partial charge in [-0.25, -0.2) is 0 Å². The van der Waals surface area contributed by atoms with Gasteiger partial charge in [0.1, 0.15) is 0 Å². The normalized spacial score (nSPS) is 11.8. The van der Waals surface area contributed by atoms with Crippen molar-refractivity contribution in [1.29, 1.82) is 0 Å². The number of hydrogen-bond acceptors (Lipinski definition) is 2. The fraction of sp³-hybridized carbons (Fsp3) is 0.800. The predicted octanol–water partition coefficient (Wildman–Crippen LogP) is 1.44. The molecule has 0 aromatic rings. The molecule has 0 N–H and O–H groups in total. The zero-order valence-electron chi connectivity index (χ0n) is 7.11. The second-order valence-electron chi connectivity index (χ2n) is 2.40. The molecule has 0 amide bonds. The van der Waals surface area contributed by atoms with Crippen LogP contribution in [0.25, 0.3) is 0 Å². The van der Waals surface area contributed by atoms with Crippen molar-refractivity contribution in [2.45, 2.75) is 0 Å². The fourth-order valence-electron chi connectivity index (χ4n) is 0.590. The van der Waals surface area contributed by atoms with Crippen LogP contribution in [0.1, 0.15) is 0 Å². The van der Waals surface area contributed by atoms with E-state index in [1.165, 1.54) is 0 Å². The van der Waals surface area contributed by atoms with Gasteiger partial charge < -0.3 is 0 Å². The van der Waals surface area contributed by atoms with Crippen LogP contribution in [0, 0.1) is 0 Å². The van der Waals surface area contributed by atoms with Crippen LogP contribution in [-0.2, 0) is 11.8 Å². The lowest BCUT2D eigenvalue weighted by molar-refractivity contribution is 0.572. The Bertz CT molecular complexity index is 208. The maximum Gasteiger partial charge on any atom is 0.196 e. The lowest BCUT2D eigenvalue weighted by atomic mass is 11.3. The van der Waals surface area contributed by atoms with Crippen LogP contribution in [0.4, 0.5) is 0 Å². The number of rotatable bonds is 3. The van der Waals surface area contributed by atoms with E-state index >= 15 is 0 Å². The Morgan fingerprint density at radius 3 is 1.64 bits per heavy atom. The van der Waals surface area contributed by atoms with Gasteiger partial charge in [0.2, 0.25) is 0 Å². The van der Waals surface area contributed by atoms with Crippen molar-refractivity contribution < 1.29 is 0 Å². The first-order chi connectivity index (χ1) is 4.95. The number of hydrogen-bond donors (Lipinski definition) is 0. The van der Waals surface area contributed by atoms with Gasteiger partial charge in [0.25, 0.3) is 0 Å². The first-order valence-corrected chi connectivity index (χ1v) is 6.07. The second kappa shape index (κ2) is 4.41. The molecule has 11 heavy (non-hydrogen) atoms. The molecule has 6 heteroatoms. The molecule has 0 aliphatic carbocycles. The molecule has 0 fully saturated rings. The van der Waals surface area contributed by atoms with Gasteiger partial charge in [-0.05, 0) is 52.2 Å². The molecule has 0 rings (SSSR count). The van der Waals surface area contributed by atoms with Crippen LogP contribution >= 0.6 is 18.7 Å². The summed E-state index contributed by atoms with van der Waals surface area (Å²) in [6.45, 7) is -1.95. The third kappa shape index (κ3) is 2.71. The monoisotopic (exact) mass is 209 g/mol. The summed E-state index contributed by atoms with van der Waals surface area (Å²) in [4.78, 5) is 0. The van der Waals surface area contributed by atoms with Crippen LogP contribution in [0.5, 0.6) is 0 Å². The summed E-state index contributed by atoms with van der Waals surface area (Å²) in [6.07, 6.45) is 0. The van der Waals surface area contributed by atoms with E-state index in [0.717, 1.165) is 0 Å². The molecule has 0 heterocycles. The van der Waals surface area contributed by atoms with Gasteiger partial charge in [0, 0.05) is 0 Å². The Hall–Kier alpha value is 0.370. The van der Waals surface area contributed by atoms with E-state index < -0.39 is 6.49 Å². The van der Waals surface area contributed by atoms with E-state index in [4.69, 9.17) is 11.8 Å².